The summed E-state index contributed by atoms with van der Waals surface area (Å²) in [7, 11) is 1.89. The summed E-state index contributed by atoms with van der Waals surface area (Å²) in [6.07, 6.45) is 0.220. The molecule has 0 saturated carbocycles. The summed E-state index contributed by atoms with van der Waals surface area (Å²) in [4.78, 5) is 41.6. The molecule has 13 heteroatoms. The van der Waals surface area contributed by atoms with Crippen LogP contribution in [0.2, 0.25) is 0 Å². The van der Waals surface area contributed by atoms with Crippen LogP contribution in [0.25, 0.3) is 0 Å². The lowest BCUT2D eigenvalue weighted by atomic mass is 10.1. The molecule has 13 nitrogen and oxygen atoms in total. The van der Waals surface area contributed by atoms with Crippen LogP contribution < -0.4 is 21.7 Å². The standard InChI is InChI=1S/C23H30N8O5/c1-12(2)36-21(28-16(22(34)35)8-9-17(32)33)13-4-6-15(7-5-13)31(3)11-14-10-26-20-18(27-14)19(24)29-23(25)30-20/h4-7,10,12,16,19H,8-9,11,24H2,1-3H3,(H,32,33)(H,34,35)(H3,25,26,29,30)/b28-21-. The van der Waals surface area contributed by atoms with Gasteiger partial charge < -0.3 is 36.6 Å². The lowest BCUT2D eigenvalue weighted by Gasteiger charge is -2.22. The molecule has 2 unspecified atom stereocenters. The van der Waals surface area contributed by atoms with E-state index in [9.17, 15) is 14.7 Å². The number of carboxylic acids is 2. The lowest BCUT2D eigenvalue weighted by Crippen LogP contribution is -2.32. The molecule has 2 heterocycles. The summed E-state index contributed by atoms with van der Waals surface area (Å²) in [6.45, 7) is 4.03. The molecule has 3 rings (SSSR count). The predicted octanol–water partition coefficient (Wildman–Crippen LogP) is 1.30. The summed E-state index contributed by atoms with van der Waals surface area (Å²) in [5.41, 5.74) is 14.3. The van der Waals surface area contributed by atoms with E-state index < -0.39 is 24.1 Å². The summed E-state index contributed by atoms with van der Waals surface area (Å²) in [6, 6.07) is 5.97. The van der Waals surface area contributed by atoms with Crippen molar-refractivity contribution in [1.82, 2.24) is 9.97 Å². The Kier molecular flexibility index (Phi) is 8.38. The van der Waals surface area contributed by atoms with Crippen molar-refractivity contribution in [2.24, 2.45) is 21.5 Å². The molecule has 2 atom stereocenters. The number of nitrogens with two attached hydrogens (primary N) is 2. The number of guanidine groups is 1. The highest BCUT2D eigenvalue weighted by atomic mass is 16.5. The molecule has 36 heavy (non-hydrogen) atoms. The first-order valence-corrected chi connectivity index (χ1v) is 11.3. The maximum atomic E-state index is 11.6. The van der Waals surface area contributed by atoms with Crippen molar-refractivity contribution in [3.63, 3.8) is 0 Å². The van der Waals surface area contributed by atoms with Gasteiger partial charge in [-0.25, -0.2) is 24.7 Å². The molecule has 0 spiro atoms. The van der Waals surface area contributed by atoms with E-state index in [1.807, 2.05) is 24.1 Å². The fraction of sp³-hybridized carbons (Fsp3) is 0.391. The smallest absolute Gasteiger partial charge is 0.328 e. The molecule has 0 fully saturated rings. The largest absolute Gasteiger partial charge is 0.481 e. The van der Waals surface area contributed by atoms with Crippen LogP contribution in [0.4, 0.5) is 11.5 Å². The monoisotopic (exact) mass is 498 g/mol. The molecule has 192 valence electrons. The van der Waals surface area contributed by atoms with Gasteiger partial charge in [0, 0.05) is 24.7 Å². The van der Waals surface area contributed by atoms with Gasteiger partial charge in [0.05, 0.1) is 24.5 Å². The Morgan fingerprint density at radius 1 is 1.25 bits per heavy atom. The molecular weight excluding hydrogens is 468 g/mol. The Bertz CT molecular complexity index is 1170. The summed E-state index contributed by atoms with van der Waals surface area (Å²) < 4.78 is 5.76. The molecule has 0 amide bonds. The van der Waals surface area contributed by atoms with E-state index >= 15 is 0 Å². The Balaban J connectivity index is 1.77. The number of aliphatic carboxylic acids is 2. The van der Waals surface area contributed by atoms with E-state index in [2.05, 4.69) is 25.3 Å². The molecule has 1 aromatic heterocycles. The van der Waals surface area contributed by atoms with Gasteiger partial charge in [0.25, 0.3) is 0 Å². The molecule has 1 aliphatic rings. The number of carboxylic acid groups (broad SMARTS) is 2. The van der Waals surface area contributed by atoms with E-state index in [0.29, 0.717) is 29.3 Å². The van der Waals surface area contributed by atoms with Gasteiger partial charge in [-0.2, -0.15) is 0 Å². The normalized spacial score (nSPS) is 16.0. The first-order chi connectivity index (χ1) is 17.0. The number of carbonyl (C=O) groups is 2. The van der Waals surface area contributed by atoms with Gasteiger partial charge in [0.2, 0.25) is 5.90 Å². The van der Waals surface area contributed by atoms with Crippen LogP contribution in [-0.2, 0) is 20.9 Å². The third kappa shape index (κ3) is 6.88. The van der Waals surface area contributed by atoms with Crippen LogP contribution >= 0.6 is 0 Å². The molecule has 1 aliphatic heterocycles. The van der Waals surface area contributed by atoms with Gasteiger partial charge in [-0.05, 0) is 44.5 Å². The zero-order chi connectivity index (χ0) is 26.4. The maximum absolute atomic E-state index is 11.6. The highest BCUT2D eigenvalue weighted by Crippen LogP contribution is 2.23. The molecule has 0 bridgehead atoms. The third-order valence-corrected chi connectivity index (χ3v) is 5.15. The first-order valence-electron chi connectivity index (χ1n) is 11.3. The third-order valence-electron chi connectivity index (χ3n) is 5.15. The zero-order valence-electron chi connectivity index (χ0n) is 20.3. The summed E-state index contributed by atoms with van der Waals surface area (Å²) in [5, 5.41) is 21.2. The minimum absolute atomic E-state index is 0.138. The number of nitrogens with zero attached hydrogens (tertiary/aromatic N) is 5. The first kappa shape index (κ1) is 26.3. The number of anilines is 2. The Morgan fingerprint density at radius 2 is 1.94 bits per heavy atom. The average Bonchev–Trinajstić information content (AvgIpc) is 2.80. The summed E-state index contributed by atoms with van der Waals surface area (Å²) >= 11 is 0. The van der Waals surface area contributed by atoms with Crippen LogP contribution in [0.5, 0.6) is 0 Å². The van der Waals surface area contributed by atoms with Crippen molar-refractivity contribution >= 4 is 35.3 Å². The SMILES string of the molecule is CC(C)O/C(=N\C(CCC(=O)O)C(=O)O)c1ccc(N(C)Cc2cnc3c(n2)C(N)N=C(N)N3)cc1. The molecule has 0 saturated heterocycles. The predicted molar refractivity (Wildman–Crippen MR) is 134 cm³/mol. The number of hydrogen-bond acceptors (Lipinski definition) is 11. The van der Waals surface area contributed by atoms with Gasteiger partial charge >= 0.3 is 11.9 Å². The lowest BCUT2D eigenvalue weighted by molar-refractivity contribution is -0.139. The number of aliphatic imine (C=N–C) groups is 2. The van der Waals surface area contributed by atoms with E-state index in [-0.39, 0.29) is 30.8 Å². The molecule has 0 radical (unpaired) electrons. The Labute approximate surface area is 207 Å². The van der Waals surface area contributed by atoms with Crippen LogP contribution in [0.3, 0.4) is 0 Å². The van der Waals surface area contributed by atoms with Gasteiger partial charge in [-0.1, -0.05) is 0 Å². The number of hydrogen-bond donors (Lipinski definition) is 5. The van der Waals surface area contributed by atoms with Gasteiger partial charge in [-0.3, -0.25) is 4.79 Å². The van der Waals surface area contributed by atoms with Crippen LogP contribution in [0, 0.1) is 0 Å². The van der Waals surface area contributed by atoms with Crippen LogP contribution in [0.15, 0.2) is 40.4 Å². The topological polar surface area (TPSA) is 202 Å². The highest BCUT2D eigenvalue weighted by Gasteiger charge is 2.22. The minimum atomic E-state index is -1.24. The summed E-state index contributed by atoms with van der Waals surface area (Å²) in [5.74, 6) is -1.50. The highest BCUT2D eigenvalue weighted by molar-refractivity contribution is 5.96. The maximum Gasteiger partial charge on any atom is 0.328 e. The number of ether oxygens (including phenoxy) is 1. The molecule has 1 aromatic carbocycles. The van der Waals surface area contributed by atoms with Crippen molar-refractivity contribution in [3.05, 3.63) is 47.4 Å². The van der Waals surface area contributed by atoms with E-state index in [1.54, 1.807) is 32.2 Å². The average molecular weight is 499 g/mol. The second-order valence-corrected chi connectivity index (χ2v) is 8.47. The molecular formula is C23H30N8O5. The van der Waals surface area contributed by atoms with Crippen molar-refractivity contribution in [2.75, 3.05) is 17.3 Å². The number of fused-ring (bicyclic) bond motifs is 1. The van der Waals surface area contributed by atoms with Crippen molar-refractivity contribution in [1.29, 1.82) is 0 Å². The quantitative estimate of drug-likeness (QED) is 0.233. The Hall–Kier alpha value is -4.26. The number of aromatic nitrogens is 2. The van der Waals surface area contributed by atoms with E-state index in [0.717, 1.165) is 5.69 Å². The fourth-order valence-corrected chi connectivity index (χ4v) is 3.42. The minimum Gasteiger partial charge on any atom is -0.481 e. The number of benzene rings is 1. The number of rotatable bonds is 10. The second kappa shape index (κ2) is 11.4. The zero-order valence-corrected chi connectivity index (χ0v) is 20.3. The van der Waals surface area contributed by atoms with Gasteiger partial charge in [0.1, 0.15) is 11.9 Å². The van der Waals surface area contributed by atoms with E-state index in [1.165, 1.54) is 0 Å². The number of nitrogens with one attached hydrogen (secondary N) is 1. The Morgan fingerprint density at radius 3 is 2.56 bits per heavy atom. The second-order valence-electron chi connectivity index (χ2n) is 8.47. The van der Waals surface area contributed by atoms with Gasteiger partial charge in [0.15, 0.2) is 17.8 Å². The van der Waals surface area contributed by atoms with Crippen molar-refractivity contribution < 1.29 is 24.5 Å². The van der Waals surface area contributed by atoms with Crippen LogP contribution in [0.1, 0.15) is 49.8 Å². The van der Waals surface area contributed by atoms with Crippen molar-refractivity contribution in [2.45, 2.75) is 51.5 Å². The molecule has 0 aliphatic carbocycles. The van der Waals surface area contributed by atoms with Gasteiger partial charge in [-0.15, -0.1) is 0 Å². The van der Waals surface area contributed by atoms with Crippen LogP contribution in [-0.4, -0.2) is 63.2 Å². The van der Waals surface area contributed by atoms with Crippen molar-refractivity contribution in [3.8, 4) is 0 Å². The molecule has 7 N–H and O–H groups in total. The fourth-order valence-electron chi connectivity index (χ4n) is 3.42. The molecule has 2 aromatic rings. The van der Waals surface area contributed by atoms with E-state index in [4.69, 9.17) is 21.3 Å².